The molecule has 31 heavy (non-hydrogen) atoms. The Balaban J connectivity index is 2.45. The summed E-state index contributed by atoms with van der Waals surface area (Å²) in [6.45, 7) is 9.25. The van der Waals surface area contributed by atoms with Crippen LogP contribution >= 0.6 is 15.9 Å². The molecule has 5 nitrogen and oxygen atoms in total. The van der Waals surface area contributed by atoms with Crippen molar-refractivity contribution in [3.05, 3.63) is 69.9 Å². The number of hydrogen-bond acceptors (Lipinski definition) is 4. The van der Waals surface area contributed by atoms with Crippen molar-refractivity contribution in [2.45, 2.75) is 59.3 Å². The summed E-state index contributed by atoms with van der Waals surface area (Å²) in [4.78, 5) is 26.1. The van der Waals surface area contributed by atoms with Crippen LogP contribution in [0.25, 0.3) is 0 Å². The average molecular weight is 494 g/mol. The fourth-order valence-electron chi connectivity index (χ4n) is 3.26. The SMILES string of the molecule is CC(C)OC(=O)C(CC(C)(C)C)(NC(=O)OCc1ccccc1)c1ccc(Br)c(F)c1. The lowest BCUT2D eigenvalue weighted by Crippen LogP contribution is -2.55. The van der Waals surface area contributed by atoms with E-state index >= 15 is 0 Å². The van der Waals surface area contributed by atoms with Gasteiger partial charge in [0.15, 0.2) is 5.54 Å². The summed E-state index contributed by atoms with van der Waals surface area (Å²) < 4.78 is 25.6. The molecule has 0 heterocycles. The zero-order valence-electron chi connectivity index (χ0n) is 18.5. The summed E-state index contributed by atoms with van der Waals surface area (Å²) >= 11 is 3.13. The highest BCUT2D eigenvalue weighted by Gasteiger charge is 2.47. The van der Waals surface area contributed by atoms with E-state index < -0.39 is 34.9 Å². The zero-order valence-corrected chi connectivity index (χ0v) is 20.1. The minimum atomic E-state index is -1.63. The lowest BCUT2D eigenvalue weighted by molar-refractivity contribution is -0.157. The first-order valence-corrected chi connectivity index (χ1v) is 10.9. The molecular formula is C24H29BrFNO4. The third kappa shape index (κ3) is 7.06. The lowest BCUT2D eigenvalue weighted by Gasteiger charge is -2.38. The van der Waals surface area contributed by atoms with Crippen LogP contribution in [0.15, 0.2) is 53.0 Å². The normalized spacial score (nSPS) is 13.4. The zero-order chi connectivity index (χ0) is 23.2. The largest absolute Gasteiger partial charge is 0.461 e. The van der Waals surface area contributed by atoms with Gasteiger partial charge in [0.1, 0.15) is 12.4 Å². The molecule has 0 aliphatic rings. The molecule has 1 N–H and O–H groups in total. The van der Waals surface area contributed by atoms with Crippen LogP contribution in [-0.4, -0.2) is 18.2 Å². The van der Waals surface area contributed by atoms with Crippen molar-refractivity contribution >= 4 is 28.0 Å². The summed E-state index contributed by atoms with van der Waals surface area (Å²) in [5, 5.41) is 2.71. The van der Waals surface area contributed by atoms with Gasteiger partial charge in [-0.2, -0.15) is 0 Å². The van der Waals surface area contributed by atoms with Crippen LogP contribution in [0, 0.1) is 11.2 Å². The second-order valence-electron chi connectivity index (χ2n) is 8.91. The van der Waals surface area contributed by atoms with E-state index in [2.05, 4.69) is 21.2 Å². The van der Waals surface area contributed by atoms with Crippen molar-refractivity contribution in [2.75, 3.05) is 0 Å². The van der Waals surface area contributed by atoms with Crippen molar-refractivity contribution < 1.29 is 23.5 Å². The van der Waals surface area contributed by atoms with Gasteiger partial charge in [0.25, 0.3) is 0 Å². The third-order valence-corrected chi connectivity index (χ3v) is 5.07. The van der Waals surface area contributed by atoms with Crippen LogP contribution in [0.5, 0.6) is 0 Å². The molecule has 0 aromatic heterocycles. The van der Waals surface area contributed by atoms with Gasteiger partial charge in [-0.25, -0.2) is 14.0 Å². The first-order chi connectivity index (χ1) is 14.4. The van der Waals surface area contributed by atoms with Gasteiger partial charge in [0.2, 0.25) is 0 Å². The standard InChI is InChI=1S/C24H29BrFNO4/c1-16(2)31-21(28)24(15-23(3,4)5,18-11-12-19(25)20(26)13-18)27-22(29)30-14-17-9-7-6-8-10-17/h6-13,16H,14-15H2,1-5H3,(H,27,29). The molecule has 0 saturated heterocycles. The molecule has 7 heteroatoms. The van der Waals surface area contributed by atoms with Crippen molar-refractivity contribution in [2.24, 2.45) is 5.41 Å². The maximum Gasteiger partial charge on any atom is 0.408 e. The summed E-state index contributed by atoms with van der Waals surface area (Å²) in [7, 11) is 0. The van der Waals surface area contributed by atoms with Gasteiger partial charge >= 0.3 is 12.1 Å². The predicted molar refractivity (Wildman–Crippen MR) is 121 cm³/mol. The van der Waals surface area contributed by atoms with Crippen LogP contribution in [0.3, 0.4) is 0 Å². The first kappa shape index (κ1) is 24.9. The minimum Gasteiger partial charge on any atom is -0.461 e. The smallest absolute Gasteiger partial charge is 0.408 e. The predicted octanol–water partition coefficient (Wildman–Crippen LogP) is 6.10. The molecule has 2 aromatic rings. The van der Waals surface area contributed by atoms with Gasteiger partial charge in [-0.3, -0.25) is 0 Å². The fraction of sp³-hybridized carbons (Fsp3) is 0.417. The highest BCUT2D eigenvalue weighted by Crippen LogP contribution is 2.37. The maximum absolute atomic E-state index is 14.4. The van der Waals surface area contributed by atoms with E-state index in [1.807, 2.05) is 51.1 Å². The molecule has 0 aliphatic heterocycles. The Hall–Kier alpha value is -2.41. The number of hydrogen-bond donors (Lipinski definition) is 1. The maximum atomic E-state index is 14.4. The van der Waals surface area contributed by atoms with Gasteiger partial charge in [-0.05, 0) is 64.9 Å². The Kier molecular flexibility index (Phi) is 8.23. The molecule has 1 amide bonds. The van der Waals surface area contributed by atoms with Crippen molar-refractivity contribution in [1.82, 2.24) is 5.32 Å². The lowest BCUT2D eigenvalue weighted by atomic mass is 9.75. The molecule has 1 unspecified atom stereocenters. The van der Waals surface area contributed by atoms with Gasteiger partial charge in [0, 0.05) is 0 Å². The topological polar surface area (TPSA) is 64.6 Å². The van der Waals surface area contributed by atoms with E-state index in [1.54, 1.807) is 19.9 Å². The monoisotopic (exact) mass is 493 g/mol. The minimum absolute atomic E-state index is 0.0339. The number of nitrogens with one attached hydrogen (secondary N) is 1. The number of esters is 1. The van der Waals surface area contributed by atoms with E-state index in [0.29, 0.717) is 0 Å². The van der Waals surface area contributed by atoms with Crippen molar-refractivity contribution in [1.29, 1.82) is 0 Å². The van der Waals surface area contributed by atoms with Crippen LogP contribution in [0.1, 0.15) is 52.2 Å². The van der Waals surface area contributed by atoms with Gasteiger partial charge in [0.05, 0.1) is 10.6 Å². The number of carbonyl (C=O) groups excluding carboxylic acids is 2. The Labute approximate surface area is 191 Å². The van der Waals surface area contributed by atoms with Crippen molar-refractivity contribution in [3.63, 3.8) is 0 Å². The summed E-state index contributed by atoms with van der Waals surface area (Å²) in [5.41, 5.74) is -0.951. The number of alkyl carbamates (subject to hydrolysis) is 1. The Morgan fingerprint density at radius 3 is 2.29 bits per heavy atom. The number of benzene rings is 2. The number of halogens is 2. The summed E-state index contributed by atoms with van der Waals surface area (Å²) in [6, 6.07) is 13.5. The van der Waals surface area contributed by atoms with Crippen LogP contribution in [0.2, 0.25) is 0 Å². The highest BCUT2D eigenvalue weighted by atomic mass is 79.9. The molecule has 2 aromatic carbocycles. The van der Waals surface area contributed by atoms with E-state index in [4.69, 9.17) is 9.47 Å². The second-order valence-corrected chi connectivity index (χ2v) is 9.77. The molecule has 0 radical (unpaired) electrons. The molecule has 1 atom stereocenters. The van der Waals surface area contributed by atoms with Gasteiger partial charge < -0.3 is 14.8 Å². The Bertz CT molecular complexity index is 912. The van der Waals surface area contributed by atoms with Crippen LogP contribution in [0.4, 0.5) is 9.18 Å². The van der Waals surface area contributed by atoms with E-state index in [0.717, 1.165) is 5.56 Å². The number of carbonyl (C=O) groups is 2. The molecule has 0 saturated carbocycles. The number of ether oxygens (including phenoxy) is 2. The fourth-order valence-corrected chi connectivity index (χ4v) is 3.51. The van der Waals surface area contributed by atoms with E-state index in [-0.39, 0.29) is 23.1 Å². The van der Waals surface area contributed by atoms with E-state index in [1.165, 1.54) is 12.1 Å². The number of amides is 1. The third-order valence-electron chi connectivity index (χ3n) is 4.43. The molecule has 0 bridgehead atoms. The van der Waals surface area contributed by atoms with Gasteiger partial charge in [-0.15, -0.1) is 0 Å². The van der Waals surface area contributed by atoms with E-state index in [9.17, 15) is 14.0 Å². The van der Waals surface area contributed by atoms with Crippen LogP contribution < -0.4 is 5.32 Å². The number of rotatable bonds is 7. The summed E-state index contributed by atoms with van der Waals surface area (Å²) in [6.07, 6.45) is -1.04. The molecule has 0 fully saturated rings. The highest BCUT2D eigenvalue weighted by molar-refractivity contribution is 9.10. The Morgan fingerprint density at radius 1 is 1.10 bits per heavy atom. The molecule has 2 rings (SSSR count). The first-order valence-electron chi connectivity index (χ1n) is 10.1. The summed E-state index contributed by atoms with van der Waals surface area (Å²) in [5.74, 6) is -1.22. The quantitative estimate of drug-likeness (QED) is 0.473. The van der Waals surface area contributed by atoms with Gasteiger partial charge in [-0.1, -0.05) is 57.2 Å². The average Bonchev–Trinajstić information content (AvgIpc) is 2.67. The van der Waals surface area contributed by atoms with Crippen LogP contribution in [-0.2, 0) is 26.4 Å². The molecular weight excluding hydrogens is 465 g/mol. The molecule has 168 valence electrons. The Morgan fingerprint density at radius 2 is 1.74 bits per heavy atom. The molecule has 0 spiro atoms. The molecule has 0 aliphatic carbocycles. The van der Waals surface area contributed by atoms with Crippen molar-refractivity contribution in [3.8, 4) is 0 Å². The second kappa shape index (κ2) is 10.3.